The molecule has 2 unspecified atom stereocenters. The molecule has 33 heavy (non-hydrogen) atoms. The van der Waals surface area contributed by atoms with Gasteiger partial charge in [-0.2, -0.15) is 29.7 Å². The fraction of sp³-hybridized carbons (Fsp3) is 0.381. The van der Waals surface area contributed by atoms with Gasteiger partial charge in [-0.25, -0.2) is 13.2 Å². The van der Waals surface area contributed by atoms with Gasteiger partial charge < -0.3 is 9.84 Å². The maximum atomic E-state index is 13.8. The molecule has 2 atom stereocenters. The number of carboxylic acids is 1. The monoisotopic (exact) mass is 504 g/mol. The lowest BCUT2D eigenvalue weighted by Gasteiger charge is -2.30. The van der Waals surface area contributed by atoms with E-state index in [2.05, 4.69) is 12.6 Å². The third-order valence-corrected chi connectivity index (χ3v) is 7.46. The van der Waals surface area contributed by atoms with Gasteiger partial charge in [-0.3, -0.25) is 4.79 Å². The first-order valence-corrected chi connectivity index (χ1v) is 11.9. The summed E-state index contributed by atoms with van der Waals surface area (Å²) in [7, 11) is -4.22. The molecule has 0 amide bonds. The molecule has 12 heteroatoms. The number of nitrogens with zero attached hydrogens (tertiary/aromatic N) is 2. The summed E-state index contributed by atoms with van der Waals surface area (Å²) in [4.78, 5) is 11.4. The van der Waals surface area contributed by atoms with E-state index in [4.69, 9.17) is 4.74 Å². The van der Waals surface area contributed by atoms with Gasteiger partial charge in [-0.05, 0) is 18.1 Å². The van der Waals surface area contributed by atoms with Crippen molar-refractivity contribution in [2.75, 3.05) is 19.7 Å². The average Bonchev–Trinajstić information content (AvgIpc) is 3.13. The van der Waals surface area contributed by atoms with E-state index in [1.165, 1.54) is 0 Å². The van der Waals surface area contributed by atoms with E-state index in [1.54, 1.807) is 30.3 Å². The normalized spacial score (nSPS) is 19.3. The highest BCUT2D eigenvalue weighted by Gasteiger charge is 2.42. The summed E-state index contributed by atoms with van der Waals surface area (Å²) in [6.45, 7) is -1.41. The predicted octanol–water partition coefficient (Wildman–Crippen LogP) is 2.82. The number of hydrogen-bond acceptors (Lipinski definition) is 5. The highest BCUT2D eigenvalue weighted by molar-refractivity contribution is 7.87. The van der Waals surface area contributed by atoms with Crippen LogP contribution >= 0.6 is 12.6 Å². The summed E-state index contributed by atoms with van der Waals surface area (Å²) in [6, 6.07) is 8.97. The van der Waals surface area contributed by atoms with Gasteiger partial charge in [-0.15, -0.1) is 0 Å². The van der Waals surface area contributed by atoms with E-state index >= 15 is 0 Å². The van der Waals surface area contributed by atoms with Gasteiger partial charge in [0.25, 0.3) is 10.2 Å². The molecule has 0 bridgehead atoms. The third kappa shape index (κ3) is 6.48. The smallest absolute Gasteiger partial charge is 0.318 e. The maximum Gasteiger partial charge on any atom is 0.318 e. The van der Waals surface area contributed by atoms with Gasteiger partial charge in [0.1, 0.15) is 12.4 Å². The Morgan fingerprint density at radius 2 is 1.82 bits per heavy atom. The van der Waals surface area contributed by atoms with Crippen molar-refractivity contribution in [3.8, 4) is 0 Å². The highest BCUT2D eigenvalue weighted by atomic mass is 32.2. The van der Waals surface area contributed by atoms with Crippen LogP contribution in [0.5, 0.6) is 0 Å². The van der Waals surface area contributed by atoms with E-state index in [0.29, 0.717) is 24.1 Å². The van der Waals surface area contributed by atoms with Gasteiger partial charge in [0.05, 0.1) is 19.3 Å². The number of halogens is 3. The molecule has 7 nitrogen and oxygen atoms in total. The van der Waals surface area contributed by atoms with Crippen molar-refractivity contribution in [1.82, 2.24) is 8.61 Å². The van der Waals surface area contributed by atoms with Crippen LogP contribution in [-0.2, 0) is 32.9 Å². The van der Waals surface area contributed by atoms with Crippen LogP contribution in [0.2, 0.25) is 0 Å². The number of ether oxygens (including phenoxy) is 1. The first-order chi connectivity index (χ1) is 15.6. The molecule has 0 saturated carbocycles. The maximum absolute atomic E-state index is 13.8. The summed E-state index contributed by atoms with van der Waals surface area (Å²) in [5, 5.41) is 8.94. The quantitative estimate of drug-likeness (QED) is 0.384. The molecule has 180 valence electrons. The molecule has 2 aromatic rings. The minimum Gasteiger partial charge on any atom is -0.480 e. The zero-order chi connectivity index (χ0) is 24.2. The molecule has 1 aliphatic heterocycles. The Bertz CT molecular complexity index is 1090. The van der Waals surface area contributed by atoms with Crippen molar-refractivity contribution in [2.24, 2.45) is 0 Å². The fourth-order valence-corrected chi connectivity index (χ4v) is 5.89. The Balaban J connectivity index is 1.74. The van der Waals surface area contributed by atoms with Gasteiger partial charge in [0, 0.05) is 30.0 Å². The Kier molecular flexibility index (Phi) is 8.40. The van der Waals surface area contributed by atoms with Gasteiger partial charge in [0.2, 0.25) is 0 Å². The van der Waals surface area contributed by atoms with Crippen LogP contribution in [-0.4, -0.2) is 59.1 Å². The van der Waals surface area contributed by atoms with E-state index in [-0.39, 0.29) is 30.5 Å². The molecule has 1 N–H and O–H groups in total. The molecule has 1 fully saturated rings. The molecule has 0 spiro atoms. The minimum atomic E-state index is -4.22. The van der Waals surface area contributed by atoms with Crippen molar-refractivity contribution < 1.29 is 36.2 Å². The van der Waals surface area contributed by atoms with Crippen molar-refractivity contribution >= 4 is 28.8 Å². The van der Waals surface area contributed by atoms with Crippen molar-refractivity contribution in [1.29, 1.82) is 0 Å². The number of carboxylic acid groups (broad SMARTS) is 1. The third-order valence-electron chi connectivity index (χ3n) is 5.14. The first kappa shape index (κ1) is 25.5. The average molecular weight is 505 g/mol. The van der Waals surface area contributed by atoms with Crippen LogP contribution in [0.4, 0.5) is 13.2 Å². The zero-order valence-electron chi connectivity index (χ0n) is 17.4. The minimum absolute atomic E-state index is 0.0317. The number of carbonyl (C=O) groups is 1. The zero-order valence-corrected chi connectivity index (χ0v) is 19.1. The second-order valence-corrected chi connectivity index (χ2v) is 10.3. The molecule has 1 saturated heterocycles. The van der Waals surface area contributed by atoms with Crippen molar-refractivity contribution in [3.05, 3.63) is 71.0 Å². The van der Waals surface area contributed by atoms with E-state index in [9.17, 15) is 31.5 Å². The highest BCUT2D eigenvalue weighted by Crippen LogP contribution is 2.28. The van der Waals surface area contributed by atoms with Crippen LogP contribution in [0.3, 0.4) is 0 Å². The second kappa shape index (κ2) is 10.9. The van der Waals surface area contributed by atoms with E-state index in [0.717, 1.165) is 8.61 Å². The molecule has 0 aliphatic carbocycles. The van der Waals surface area contributed by atoms with Crippen LogP contribution < -0.4 is 0 Å². The SMILES string of the molecule is O=C(O)CN(Cc1ccccc1)S(=O)(=O)N1CC(S)CC1COCc1cc(F)c(F)cc1F. The molecule has 1 aliphatic rings. The lowest BCUT2D eigenvalue weighted by atomic mass is 10.2. The number of aliphatic carboxylic acids is 1. The van der Waals surface area contributed by atoms with Crippen molar-refractivity contribution in [2.45, 2.75) is 30.9 Å². The summed E-state index contributed by atoms with van der Waals surface area (Å²) < 4.78 is 74.4. The topological polar surface area (TPSA) is 87.2 Å². The molecular formula is C21H23F3N2O5S2. The summed E-state index contributed by atoms with van der Waals surface area (Å²) >= 11 is 4.37. The van der Waals surface area contributed by atoms with Crippen LogP contribution in [0, 0.1) is 17.5 Å². The molecule has 2 aromatic carbocycles. The predicted molar refractivity (Wildman–Crippen MR) is 117 cm³/mol. The van der Waals surface area contributed by atoms with E-state index < -0.39 is 52.8 Å². The number of thiol groups is 1. The largest absolute Gasteiger partial charge is 0.480 e. The van der Waals surface area contributed by atoms with E-state index in [1.807, 2.05) is 0 Å². The van der Waals surface area contributed by atoms with Gasteiger partial charge >= 0.3 is 5.97 Å². The molecule has 0 radical (unpaired) electrons. The van der Waals surface area contributed by atoms with Crippen LogP contribution in [0.25, 0.3) is 0 Å². The van der Waals surface area contributed by atoms with Gasteiger partial charge in [0.15, 0.2) is 11.6 Å². The summed E-state index contributed by atoms with van der Waals surface area (Å²) in [6.07, 6.45) is 0.314. The van der Waals surface area contributed by atoms with Gasteiger partial charge in [-0.1, -0.05) is 30.3 Å². The lowest BCUT2D eigenvalue weighted by molar-refractivity contribution is -0.137. The molecule has 3 rings (SSSR count). The van der Waals surface area contributed by atoms with Crippen molar-refractivity contribution in [3.63, 3.8) is 0 Å². The first-order valence-electron chi connectivity index (χ1n) is 9.99. The summed E-state index contributed by atoms with van der Waals surface area (Å²) in [5.41, 5.74) is 0.408. The molecule has 0 aromatic heterocycles. The van der Waals surface area contributed by atoms with Crippen LogP contribution in [0.1, 0.15) is 17.5 Å². The Morgan fingerprint density at radius 1 is 1.15 bits per heavy atom. The molecule has 1 heterocycles. The second-order valence-electron chi connectivity index (χ2n) is 7.64. The number of benzene rings is 2. The fourth-order valence-electron chi connectivity index (χ4n) is 3.58. The Hall–Kier alpha value is -2.12. The number of rotatable bonds is 10. The number of hydrogen-bond donors (Lipinski definition) is 2. The Morgan fingerprint density at radius 3 is 2.48 bits per heavy atom. The summed E-state index contributed by atoms with van der Waals surface area (Å²) in [5.74, 6) is -4.83. The molecular weight excluding hydrogens is 481 g/mol. The standard InChI is InChI=1S/C21H23F3N2O5S2/c22-18-8-20(24)19(23)6-15(18)12-31-13-16-7-17(32)10-26(16)33(29,30)25(11-21(27)28)9-14-4-2-1-3-5-14/h1-6,8,16-17,32H,7,9-13H2,(H,27,28). The lowest BCUT2D eigenvalue weighted by Crippen LogP contribution is -2.48. The van der Waals surface area contributed by atoms with Crippen LogP contribution in [0.15, 0.2) is 42.5 Å². The Labute approximate surface area is 195 Å².